The molecular weight excluding hydrogens is 464 g/mol. The third kappa shape index (κ3) is 3.57. The van der Waals surface area contributed by atoms with Crippen LogP contribution in [0.5, 0.6) is 0 Å². The molecule has 2 aliphatic rings. The molecule has 2 aliphatic heterocycles. The summed E-state index contributed by atoms with van der Waals surface area (Å²) in [6.07, 6.45) is 0. The van der Waals surface area contributed by atoms with Crippen molar-refractivity contribution in [1.29, 1.82) is 0 Å². The Hall–Kier alpha value is -3.62. The van der Waals surface area contributed by atoms with Crippen molar-refractivity contribution < 1.29 is 23.9 Å². The van der Waals surface area contributed by atoms with Crippen molar-refractivity contribution >= 4 is 58.4 Å². The first-order valence-corrected chi connectivity index (χ1v) is 11.1. The predicted molar refractivity (Wildman–Crippen MR) is 122 cm³/mol. The van der Waals surface area contributed by atoms with Crippen LogP contribution in [0.2, 0.25) is 5.02 Å². The summed E-state index contributed by atoms with van der Waals surface area (Å²) in [7, 11) is 1.38. The molecule has 0 aliphatic carbocycles. The first-order chi connectivity index (χ1) is 15.8. The molecular formula is C24H15ClN2O5S. The second-order valence-electron chi connectivity index (χ2n) is 7.42. The van der Waals surface area contributed by atoms with Crippen LogP contribution in [0, 0.1) is 0 Å². The van der Waals surface area contributed by atoms with Crippen molar-refractivity contribution in [3.8, 4) is 0 Å². The summed E-state index contributed by atoms with van der Waals surface area (Å²) in [6, 6.07) is 16.8. The minimum absolute atomic E-state index is 0.0797. The Kier molecular flexibility index (Phi) is 5.19. The van der Waals surface area contributed by atoms with Crippen molar-refractivity contribution in [3.05, 3.63) is 82.4 Å². The molecule has 0 atom stereocenters. The molecule has 2 heterocycles. The first-order valence-electron chi connectivity index (χ1n) is 9.88. The Bertz CT molecular complexity index is 1370. The standard InChI is InChI=1S/C24H15ClN2O5S/c1-26-22(29)15-8-6-13(10-16(15)23(26)30)24(31)32-12-21(28)27-17-4-2-3-5-19(17)33-20-9-7-14(25)11-18(20)27/h2-11H,12H2,1H3. The average molecular weight is 479 g/mol. The summed E-state index contributed by atoms with van der Waals surface area (Å²) in [6.45, 7) is -0.520. The molecule has 0 aromatic heterocycles. The van der Waals surface area contributed by atoms with E-state index in [0.29, 0.717) is 16.4 Å². The SMILES string of the molecule is CN1C(=O)c2ccc(C(=O)OCC(=O)N3c4ccccc4Sc4ccc(Cl)cc43)cc2C1=O. The zero-order valence-electron chi connectivity index (χ0n) is 17.2. The highest BCUT2D eigenvalue weighted by atomic mass is 35.5. The Labute approximate surface area is 197 Å². The molecule has 3 aromatic rings. The van der Waals surface area contributed by atoms with Gasteiger partial charge < -0.3 is 4.74 Å². The molecule has 0 unspecified atom stereocenters. The van der Waals surface area contributed by atoms with Gasteiger partial charge in [0.05, 0.1) is 28.1 Å². The van der Waals surface area contributed by atoms with Gasteiger partial charge in [0.25, 0.3) is 17.7 Å². The van der Waals surface area contributed by atoms with E-state index in [1.807, 2.05) is 30.3 Å². The number of hydrogen-bond donors (Lipinski definition) is 0. The van der Waals surface area contributed by atoms with Crippen LogP contribution in [0.4, 0.5) is 11.4 Å². The monoisotopic (exact) mass is 478 g/mol. The molecule has 3 aromatic carbocycles. The van der Waals surface area contributed by atoms with Gasteiger partial charge in [-0.2, -0.15) is 0 Å². The normalized spacial score (nSPS) is 14.0. The summed E-state index contributed by atoms with van der Waals surface area (Å²) in [5.74, 6) is -2.14. The summed E-state index contributed by atoms with van der Waals surface area (Å²) in [5.41, 5.74) is 1.72. The smallest absolute Gasteiger partial charge is 0.338 e. The largest absolute Gasteiger partial charge is 0.452 e. The molecule has 7 nitrogen and oxygen atoms in total. The van der Waals surface area contributed by atoms with Crippen LogP contribution in [0.25, 0.3) is 0 Å². The summed E-state index contributed by atoms with van der Waals surface area (Å²) < 4.78 is 5.27. The number of carbonyl (C=O) groups excluding carboxylic acids is 4. The maximum absolute atomic E-state index is 13.2. The number of halogens is 1. The number of hydrogen-bond acceptors (Lipinski definition) is 6. The fourth-order valence-electron chi connectivity index (χ4n) is 3.76. The lowest BCUT2D eigenvalue weighted by atomic mass is 10.1. The van der Waals surface area contributed by atoms with Crippen molar-refractivity contribution in [1.82, 2.24) is 4.90 Å². The third-order valence-corrected chi connectivity index (χ3v) is 6.75. The highest BCUT2D eigenvalue weighted by Crippen LogP contribution is 2.48. The van der Waals surface area contributed by atoms with Crippen molar-refractivity contribution in [2.24, 2.45) is 0 Å². The van der Waals surface area contributed by atoms with Gasteiger partial charge in [-0.25, -0.2) is 4.79 Å². The number of anilines is 2. The van der Waals surface area contributed by atoms with Crippen LogP contribution in [-0.2, 0) is 9.53 Å². The van der Waals surface area contributed by atoms with Crippen LogP contribution in [-0.4, -0.2) is 42.2 Å². The van der Waals surface area contributed by atoms with E-state index in [1.54, 1.807) is 12.1 Å². The van der Waals surface area contributed by atoms with Gasteiger partial charge in [0.1, 0.15) is 0 Å². The van der Waals surface area contributed by atoms with Crippen molar-refractivity contribution in [2.45, 2.75) is 9.79 Å². The number of amides is 3. The van der Waals surface area contributed by atoms with E-state index in [1.165, 1.54) is 41.9 Å². The maximum atomic E-state index is 13.2. The predicted octanol–water partition coefficient (Wildman–Crippen LogP) is 4.55. The van der Waals surface area contributed by atoms with Gasteiger partial charge in [-0.1, -0.05) is 35.5 Å². The highest BCUT2D eigenvalue weighted by molar-refractivity contribution is 7.99. The highest BCUT2D eigenvalue weighted by Gasteiger charge is 2.34. The minimum atomic E-state index is -0.771. The van der Waals surface area contributed by atoms with Crippen LogP contribution >= 0.6 is 23.4 Å². The summed E-state index contributed by atoms with van der Waals surface area (Å²) in [5, 5.41) is 0.478. The molecule has 0 spiro atoms. The molecule has 33 heavy (non-hydrogen) atoms. The van der Waals surface area contributed by atoms with Crippen LogP contribution in [0.3, 0.4) is 0 Å². The molecule has 0 saturated carbocycles. The molecule has 0 radical (unpaired) electrons. The van der Waals surface area contributed by atoms with Gasteiger partial charge in [0.15, 0.2) is 6.61 Å². The Balaban J connectivity index is 1.38. The van der Waals surface area contributed by atoms with Crippen molar-refractivity contribution in [2.75, 3.05) is 18.6 Å². The number of rotatable bonds is 3. The number of nitrogens with zero attached hydrogens (tertiary/aromatic N) is 2. The van der Waals surface area contributed by atoms with Gasteiger partial charge >= 0.3 is 5.97 Å². The van der Waals surface area contributed by atoms with E-state index < -0.39 is 30.3 Å². The fraction of sp³-hybridized carbons (Fsp3) is 0.0833. The first kappa shape index (κ1) is 21.2. The van der Waals surface area contributed by atoms with Gasteiger partial charge in [-0.05, 0) is 48.5 Å². The summed E-state index contributed by atoms with van der Waals surface area (Å²) >= 11 is 7.69. The lowest BCUT2D eigenvalue weighted by Gasteiger charge is -2.31. The van der Waals surface area contributed by atoms with Crippen LogP contribution in [0.15, 0.2) is 70.5 Å². The Morgan fingerprint density at radius 3 is 2.45 bits per heavy atom. The molecule has 0 saturated heterocycles. The molecule has 5 rings (SSSR count). The maximum Gasteiger partial charge on any atom is 0.338 e. The Morgan fingerprint density at radius 2 is 1.64 bits per heavy atom. The molecule has 0 fully saturated rings. The zero-order valence-corrected chi connectivity index (χ0v) is 18.8. The van der Waals surface area contributed by atoms with E-state index in [9.17, 15) is 19.2 Å². The average Bonchev–Trinajstić information content (AvgIpc) is 3.04. The second-order valence-corrected chi connectivity index (χ2v) is 8.94. The molecule has 9 heteroatoms. The number of carbonyl (C=O) groups is 4. The van der Waals surface area contributed by atoms with Crippen LogP contribution in [0.1, 0.15) is 31.1 Å². The van der Waals surface area contributed by atoms with Gasteiger partial charge in [0.2, 0.25) is 0 Å². The van der Waals surface area contributed by atoms with Gasteiger partial charge in [-0.3, -0.25) is 24.2 Å². The van der Waals surface area contributed by atoms with Crippen LogP contribution < -0.4 is 4.90 Å². The van der Waals surface area contributed by atoms with E-state index in [2.05, 4.69) is 0 Å². The number of esters is 1. The van der Waals surface area contributed by atoms with E-state index in [0.717, 1.165) is 14.7 Å². The second kappa shape index (κ2) is 8.06. The van der Waals surface area contributed by atoms with Gasteiger partial charge in [-0.15, -0.1) is 0 Å². The zero-order chi connectivity index (χ0) is 23.3. The third-order valence-electron chi connectivity index (χ3n) is 5.39. The molecule has 0 N–H and O–H groups in total. The Morgan fingerprint density at radius 1 is 0.909 bits per heavy atom. The molecule has 0 bridgehead atoms. The lowest BCUT2D eigenvalue weighted by molar-refractivity contribution is -0.121. The number of ether oxygens (including phenoxy) is 1. The molecule has 164 valence electrons. The van der Waals surface area contributed by atoms with Crippen molar-refractivity contribution in [3.63, 3.8) is 0 Å². The minimum Gasteiger partial charge on any atom is -0.452 e. The molecule has 3 amide bonds. The van der Waals surface area contributed by atoms with E-state index >= 15 is 0 Å². The number of benzene rings is 3. The van der Waals surface area contributed by atoms with Gasteiger partial charge in [0, 0.05) is 21.9 Å². The van der Waals surface area contributed by atoms with E-state index in [4.69, 9.17) is 16.3 Å². The van der Waals surface area contributed by atoms with E-state index in [-0.39, 0.29) is 16.7 Å². The fourth-order valence-corrected chi connectivity index (χ4v) is 4.96. The number of para-hydroxylation sites is 1. The number of imide groups is 1. The number of fused-ring (bicyclic) bond motifs is 3. The topological polar surface area (TPSA) is 84.0 Å². The lowest BCUT2D eigenvalue weighted by Crippen LogP contribution is -2.32. The summed E-state index contributed by atoms with van der Waals surface area (Å²) in [4.78, 5) is 54.2. The quantitative estimate of drug-likeness (QED) is 0.405.